The fourth-order valence-corrected chi connectivity index (χ4v) is 4.78. The van der Waals surface area contributed by atoms with E-state index < -0.39 is 34.3 Å². The van der Waals surface area contributed by atoms with Gasteiger partial charge in [0, 0.05) is 37.1 Å². The van der Waals surface area contributed by atoms with Gasteiger partial charge in [0.05, 0.1) is 4.90 Å². The van der Waals surface area contributed by atoms with Crippen molar-refractivity contribution in [1.82, 2.24) is 8.87 Å². The summed E-state index contributed by atoms with van der Waals surface area (Å²) in [6.07, 6.45) is -1.12. The summed E-state index contributed by atoms with van der Waals surface area (Å²) in [4.78, 5) is 24.3. The smallest absolute Gasteiger partial charge is 0.395 e. The van der Waals surface area contributed by atoms with Crippen LogP contribution in [0.15, 0.2) is 46.2 Å². The number of pyridine rings is 1. The molecule has 0 unspecified atom stereocenters. The van der Waals surface area contributed by atoms with Crippen molar-refractivity contribution in [2.75, 3.05) is 18.4 Å². The van der Waals surface area contributed by atoms with Crippen LogP contribution < -0.4 is 20.3 Å². The van der Waals surface area contributed by atoms with Crippen molar-refractivity contribution in [3.63, 3.8) is 0 Å². The van der Waals surface area contributed by atoms with Gasteiger partial charge >= 0.3 is 6.29 Å². The van der Waals surface area contributed by atoms with Gasteiger partial charge in [0.1, 0.15) is 6.54 Å². The number of alkyl halides is 2. The first-order valence-electron chi connectivity index (χ1n) is 9.04. The molecular weight excluding hydrogens is 424 g/mol. The van der Waals surface area contributed by atoms with E-state index in [1.165, 1.54) is 22.5 Å². The average molecular weight is 441 g/mol. The molecule has 0 aliphatic carbocycles. The summed E-state index contributed by atoms with van der Waals surface area (Å²) in [5.74, 6) is -1.07. The second-order valence-corrected chi connectivity index (χ2v) is 8.76. The Kier molecular flexibility index (Phi) is 4.98. The standard InChI is InChI=1S/C18H17F2N3O6S/c19-18(20)28-14-5-3-12(9-15(14)29-18)21-16(24)11-22-10-13(4-6-17(22)25)30(26,27)23-7-1-2-8-23/h3-6,9-10H,1-2,7-8,11H2,(H,21,24). The van der Waals surface area contributed by atoms with Gasteiger partial charge in [-0.1, -0.05) is 0 Å². The highest BCUT2D eigenvalue weighted by Gasteiger charge is 2.43. The average Bonchev–Trinajstić information content (AvgIpc) is 3.30. The van der Waals surface area contributed by atoms with Crippen LogP contribution in [0, 0.1) is 0 Å². The summed E-state index contributed by atoms with van der Waals surface area (Å²) in [5, 5.41) is 2.45. The molecule has 1 fully saturated rings. The fourth-order valence-electron chi connectivity index (χ4n) is 3.25. The zero-order chi connectivity index (χ0) is 21.5. The lowest BCUT2D eigenvalue weighted by Gasteiger charge is -2.16. The van der Waals surface area contributed by atoms with Crippen LogP contribution in [0.5, 0.6) is 11.5 Å². The normalized spacial score (nSPS) is 17.8. The van der Waals surface area contributed by atoms with Crippen molar-refractivity contribution in [3.05, 3.63) is 46.9 Å². The monoisotopic (exact) mass is 441 g/mol. The molecule has 2 aromatic rings. The van der Waals surface area contributed by atoms with Gasteiger partial charge in [-0.3, -0.25) is 9.59 Å². The molecule has 30 heavy (non-hydrogen) atoms. The molecule has 1 N–H and O–H groups in total. The molecule has 0 bridgehead atoms. The maximum Gasteiger partial charge on any atom is 0.586 e. The Bertz CT molecular complexity index is 1160. The van der Waals surface area contributed by atoms with Gasteiger partial charge in [-0.05, 0) is 31.0 Å². The van der Waals surface area contributed by atoms with E-state index >= 15 is 0 Å². The lowest BCUT2D eigenvalue weighted by molar-refractivity contribution is -0.286. The third-order valence-electron chi connectivity index (χ3n) is 4.66. The Labute approximate surface area is 169 Å². The van der Waals surface area contributed by atoms with E-state index in [-0.39, 0.29) is 22.1 Å². The van der Waals surface area contributed by atoms with E-state index in [1.807, 2.05) is 0 Å². The summed E-state index contributed by atoms with van der Waals surface area (Å²) in [6.45, 7) is 0.350. The van der Waals surface area contributed by atoms with Crippen LogP contribution in [0.1, 0.15) is 12.8 Å². The number of carbonyl (C=O) groups is 1. The van der Waals surface area contributed by atoms with E-state index in [4.69, 9.17) is 0 Å². The summed E-state index contributed by atoms with van der Waals surface area (Å²) in [6, 6.07) is 5.99. The number of aromatic nitrogens is 1. The molecule has 2 aliphatic heterocycles. The van der Waals surface area contributed by atoms with Crippen LogP contribution in [0.2, 0.25) is 0 Å². The molecule has 0 saturated carbocycles. The first kappa shape index (κ1) is 20.3. The predicted octanol–water partition coefficient (Wildman–Crippen LogP) is 1.59. The summed E-state index contributed by atoms with van der Waals surface area (Å²) in [7, 11) is -3.75. The van der Waals surface area contributed by atoms with Gasteiger partial charge in [-0.2, -0.15) is 4.31 Å². The molecule has 1 aromatic heterocycles. The van der Waals surface area contributed by atoms with Crippen molar-refractivity contribution in [1.29, 1.82) is 0 Å². The molecule has 9 nitrogen and oxygen atoms in total. The third-order valence-corrected chi connectivity index (χ3v) is 6.54. The number of ether oxygens (including phenoxy) is 2. The van der Waals surface area contributed by atoms with E-state index in [1.54, 1.807) is 0 Å². The van der Waals surface area contributed by atoms with Crippen LogP contribution >= 0.6 is 0 Å². The number of rotatable bonds is 5. The zero-order valence-corrected chi connectivity index (χ0v) is 16.3. The molecule has 0 radical (unpaired) electrons. The minimum atomic E-state index is -3.78. The summed E-state index contributed by atoms with van der Waals surface area (Å²) in [5.41, 5.74) is -0.412. The number of hydrogen-bond donors (Lipinski definition) is 1. The maximum atomic E-state index is 13.1. The van der Waals surface area contributed by atoms with Crippen LogP contribution in [-0.2, 0) is 21.4 Å². The van der Waals surface area contributed by atoms with Gasteiger partial charge in [0.25, 0.3) is 5.56 Å². The Morgan fingerprint density at radius 2 is 1.80 bits per heavy atom. The third kappa shape index (κ3) is 4.00. The number of fused-ring (bicyclic) bond motifs is 1. The predicted molar refractivity (Wildman–Crippen MR) is 100.0 cm³/mol. The topological polar surface area (TPSA) is 107 Å². The lowest BCUT2D eigenvalue weighted by atomic mass is 10.3. The van der Waals surface area contributed by atoms with E-state index in [0.29, 0.717) is 13.1 Å². The first-order chi connectivity index (χ1) is 14.1. The number of anilines is 1. The second kappa shape index (κ2) is 7.36. The summed E-state index contributed by atoms with van der Waals surface area (Å²) >= 11 is 0. The van der Waals surface area contributed by atoms with Gasteiger partial charge in [-0.15, -0.1) is 8.78 Å². The zero-order valence-electron chi connectivity index (χ0n) is 15.5. The lowest BCUT2D eigenvalue weighted by Crippen LogP contribution is -2.31. The Balaban J connectivity index is 1.49. The molecule has 4 rings (SSSR count). The summed E-state index contributed by atoms with van der Waals surface area (Å²) < 4.78 is 62.4. The van der Waals surface area contributed by atoms with Crippen LogP contribution in [0.4, 0.5) is 14.5 Å². The molecule has 1 aromatic carbocycles. The molecular formula is C18H17F2N3O6S. The van der Waals surface area contributed by atoms with Crippen molar-refractivity contribution in [3.8, 4) is 11.5 Å². The Hall–Kier alpha value is -2.99. The number of carbonyl (C=O) groups excluding carboxylic acids is 1. The van der Waals surface area contributed by atoms with Crippen LogP contribution in [0.3, 0.4) is 0 Å². The highest BCUT2D eigenvalue weighted by Crippen LogP contribution is 2.42. The molecule has 1 saturated heterocycles. The SMILES string of the molecule is O=C(Cn1cc(S(=O)(=O)N2CCCC2)ccc1=O)Nc1ccc2c(c1)OC(F)(F)O2. The highest BCUT2D eigenvalue weighted by atomic mass is 32.2. The Morgan fingerprint density at radius 3 is 2.53 bits per heavy atom. The van der Waals surface area contributed by atoms with Crippen molar-refractivity contribution < 1.29 is 31.5 Å². The number of benzene rings is 1. The van der Waals surface area contributed by atoms with E-state index in [9.17, 15) is 26.8 Å². The number of amides is 1. The van der Waals surface area contributed by atoms with Gasteiger partial charge in [0.2, 0.25) is 15.9 Å². The largest absolute Gasteiger partial charge is 0.586 e. The van der Waals surface area contributed by atoms with Gasteiger partial charge < -0.3 is 19.4 Å². The number of nitrogens with one attached hydrogen (secondary N) is 1. The van der Waals surface area contributed by atoms with Crippen LogP contribution in [-0.4, -0.2) is 42.6 Å². The van der Waals surface area contributed by atoms with Crippen molar-refractivity contribution in [2.24, 2.45) is 0 Å². The van der Waals surface area contributed by atoms with Crippen LogP contribution in [0.25, 0.3) is 0 Å². The Morgan fingerprint density at radius 1 is 1.10 bits per heavy atom. The maximum absolute atomic E-state index is 13.1. The first-order valence-corrected chi connectivity index (χ1v) is 10.5. The molecule has 0 atom stereocenters. The minimum Gasteiger partial charge on any atom is -0.395 e. The van der Waals surface area contributed by atoms with Crippen molar-refractivity contribution in [2.45, 2.75) is 30.6 Å². The quantitative estimate of drug-likeness (QED) is 0.755. The second-order valence-electron chi connectivity index (χ2n) is 6.82. The molecule has 2 aliphatic rings. The highest BCUT2D eigenvalue weighted by molar-refractivity contribution is 7.89. The minimum absolute atomic E-state index is 0.0814. The van der Waals surface area contributed by atoms with E-state index in [2.05, 4.69) is 14.8 Å². The number of hydrogen-bond acceptors (Lipinski definition) is 6. The number of sulfonamides is 1. The van der Waals surface area contributed by atoms with Gasteiger partial charge in [0.15, 0.2) is 11.5 Å². The fraction of sp³-hybridized carbons (Fsp3) is 0.333. The van der Waals surface area contributed by atoms with E-state index in [0.717, 1.165) is 35.7 Å². The molecule has 3 heterocycles. The molecule has 12 heteroatoms. The molecule has 0 spiro atoms. The molecule has 1 amide bonds. The van der Waals surface area contributed by atoms with Crippen molar-refractivity contribution >= 4 is 21.6 Å². The van der Waals surface area contributed by atoms with Gasteiger partial charge in [-0.25, -0.2) is 8.42 Å². The number of nitrogens with zero attached hydrogens (tertiary/aromatic N) is 2. The molecule has 160 valence electrons. The number of halogens is 2.